The minimum atomic E-state index is 0.836. The van der Waals surface area contributed by atoms with Crippen molar-refractivity contribution in [1.82, 2.24) is 9.55 Å². The molecular weight excluding hydrogens is 292 g/mol. The van der Waals surface area contributed by atoms with Crippen LogP contribution in [0.2, 0.25) is 0 Å². The van der Waals surface area contributed by atoms with E-state index >= 15 is 0 Å². The maximum atomic E-state index is 4.44. The number of hydrogen-bond acceptors (Lipinski definition) is 4. The van der Waals surface area contributed by atoms with Crippen molar-refractivity contribution in [1.29, 1.82) is 0 Å². The predicted octanol–water partition coefficient (Wildman–Crippen LogP) is 4.49. The van der Waals surface area contributed by atoms with Crippen LogP contribution in [0.4, 0.5) is 5.13 Å². The Morgan fingerprint density at radius 1 is 1.27 bits per heavy atom. The first-order chi connectivity index (χ1) is 10.6. The zero-order valence-corrected chi connectivity index (χ0v) is 14.2. The third kappa shape index (κ3) is 2.52. The molecule has 3 rings (SSSR count). The fourth-order valence-corrected chi connectivity index (χ4v) is 3.47. The molecule has 3 aromatic rings. The Morgan fingerprint density at radius 3 is 2.73 bits per heavy atom. The summed E-state index contributed by atoms with van der Waals surface area (Å²) in [6, 6.07) is 8.45. The van der Waals surface area contributed by atoms with E-state index in [0.717, 1.165) is 22.9 Å². The number of hydrogen-bond donors (Lipinski definition) is 1. The number of benzene rings is 1. The molecule has 0 unspecified atom stereocenters. The molecule has 0 atom stereocenters. The van der Waals surface area contributed by atoms with Crippen LogP contribution >= 0.6 is 11.3 Å². The molecule has 2 aromatic heterocycles. The number of aryl methyl sites for hydroxylation is 3. The molecule has 0 saturated heterocycles. The van der Waals surface area contributed by atoms with Crippen molar-refractivity contribution < 1.29 is 0 Å². The Hall–Kier alpha value is -2.14. The lowest BCUT2D eigenvalue weighted by molar-refractivity contribution is 0.769. The van der Waals surface area contributed by atoms with Crippen molar-refractivity contribution in [3.8, 4) is 0 Å². The van der Waals surface area contributed by atoms with Gasteiger partial charge in [0.1, 0.15) is 0 Å². The lowest BCUT2D eigenvalue weighted by atomic mass is 10.1. The average Bonchev–Trinajstić information content (AvgIpc) is 2.97. The van der Waals surface area contributed by atoms with Crippen LogP contribution in [0.25, 0.3) is 10.9 Å². The third-order valence-corrected chi connectivity index (χ3v) is 4.96. The molecule has 0 spiro atoms. The van der Waals surface area contributed by atoms with Crippen molar-refractivity contribution in [3.05, 3.63) is 46.1 Å². The maximum absolute atomic E-state index is 4.44. The summed E-state index contributed by atoms with van der Waals surface area (Å²) in [5.74, 6) is 0. The highest BCUT2D eigenvalue weighted by molar-refractivity contribution is 7.15. The highest BCUT2D eigenvalue weighted by Crippen LogP contribution is 2.25. The standard InChI is InChI=1S/C17H20N4S/c1-5-21-12(3)15(14-8-6-7-9-16(14)21)10-18-20-17-19-11(2)13(4)22-17/h6-10H,5H2,1-4H3,(H,19,20)/b18-10-. The monoisotopic (exact) mass is 312 g/mol. The molecule has 1 N–H and O–H groups in total. The van der Waals surface area contributed by atoms with Crippen LogP contribution in [-0.2, 0) is 6.54 Å². The molecule has 0 aliphatic heterocycles. The second-order valence-corrected chi connectivity index (χ2v) is 6.49. The van der Waals surface area contributed by atoms with Crippen LogP contribution < -0.4 is 5.43 Å². The van der Waals surface area contributed by atoms with E-state index in [9.17, 15) is 0 Å². The summed E-state index contributed by atoms with van der Waals surface area (Å²) < 4.78 is 2.31. The van der Waals surface area contributed by atoms with E-state index in [4.69, 9.17) is 0 Å². The quantitative estimate of drug-likeness (QED) is 0.570. The van der Waals surface area contributed by atoms with Gasteiger partial charge in [-0.1, -0.05) is 18.2 Å². The lowest BCUT2D eigenvalue weighted by Gasteiger charge is -2.03. The van der Waals surface area contributed by atoms with Crippen molar-refractivity contribution in [2.24, 2.45) is 5.10 Å². The number of nitrogens with one attached hydrogen (secondary N) is 1. The summed E-state index contributed by atoms with van der Waals surface area (Å²) in [7, 11) is 0. The summed E-state index contributed by atoms with van der Waals surface area (Å²) in [4.78, 5) is 5.65. The molecule has 0 bridgehead atoms. The van der Waals surface area contributed by atoms with Gasteiger partial charge in [0.25, 0.3) is 0 Å². The summed E-state index contributed by atoms with van der Waals surface area (Å²) in [5.41, 5.74) is 7.75. The Morgan fingerprint density at radius 2 is 2.05 bits per heavy atom. The number of thiazole rings is 1. The van der Waals surface area contributed by atoms with E-state index in [0.29, 0.717) is 0 Å². The van der Waals surface area contributed by atoms with Crippen molar-refractivity contribution in [2.45, 2.75) is 34.2 Å². The molecule has 4 nitrogen and oxygen atoms in total. The van der Waals surface area contributed by atoms with Crippen LogP contribution in [0.1, 0.15) is 28.8 Å². The van der Waals surface area contributed by atoms with Gasteiger partial charge in [0, 0.05) is 33.6 Å². The Labute approximate surface area is 134 Å². The van der Waals surface area contributed by atoms with E-state index in [-0.39, 0.29) is 0 Å². The molecule has 114 valence electrons. The number of rotatable bonds is 4. The second-order valence-electron chi connectivity index (χ2n) is 5.29. The minimum absolute atomic E-state index is 0.836. The molecule has 2 heterocycles. The van der Waals surface area contributed by atoms with Crippen LogP contribution in [0, 0.1) is 20.8 Å². The summed E-state index contributed by atoms with van der Waals surface area (Å²) in [6.45, 7) is 9.35. The largest absolute Gasteiger partial charge is 0.344 e. The molecule has 0 fully saturated rings. The smallest absolute Gasteiger partial charge is 0.203 e. The first-order valence-corrected chi connectivity index (χ1v) is 8.24. The number of para-hydroxylation sites is 1. The predicted molar refractivity (Wildman–Crippen MR) is 95.2 cm³/mol. The molecule has 22 heavy (non-hydrogen) atoms. The van der Waals surface area contributed by atoms with Crippen LogP contribution in [0.3, 0.4) is 0 Å². The third-order valence-electron chi connectivity index (χ3n) is 3.98. The van der Waals surface area contributed by atoms with Gasteiger partial charge in [-0.3, -0.25) is 5.43 Å². The zero-order chi connectivity index (χ0) is 15.7. The van der Waals surface area contributed by atoms with Gasteiger partial charge in [-0.25, -0.2) is 4.98 Å². The minimum Gasteiger partial charge on any atom is -0.344 e. The second kappa shape index (κ2) is 5.93. The van der Waals surface area contributed by atoms with Gasteiger partial charge in [0.2, 0.25) is 5.13 Å². The highest BCUT2D eigenvalue weighted by atomic mass is 32.1. The molecule has 0 radical (unpaired) electrons. The van der Waals surface area contributed by atoms with Crippen molar-refractivity contribution >= 4 is 33.6 Å². The van der Waals surface area contributed by atoms with E-state index in [1.165, 1.54) is 21.5 Å². The number of hydrazone groups is 1. The molecule has 0 amide bonds. The Bertz CT molecular complexity index is 822. The van der Waals surface area contributed by atoms with Crippen molar-refractivity contribution in [2.75, 3.05) is 5.43 Å². The molecule has 0 aliphatic carbocycles. The van der Waals surface area contributed by atoms with Gasteiger partial charge < -0.3 is 4.57 Å². The van der Waals surface area contributed by atoms with E-state index in [1.807, 2.05) is 13.1 Å². The fraction of sp³-hybridized carbons (Fsp3) is 0.294. The van der Waals surface area contributed by atoms with Gasteiger partial charge in [-0.15, -0.1) is 11.3 Å². The molecule has 0 aliphatic rings. The number of aromatic nitrogens is 2. The topological polar surface area (TPSA) is 42.2 Å². The van der Waals surface area contributed by atoms with Gasteiger partial charge in [-0.05, 0) is 33.8 Å². The van der Waals surface area contributed by atoms with Crippen molar-refractivity contribution in [3.63, 3.8) is 0 Å². The van der Waals surface area contributed by atoms with E-state index in [2.05, 4.69) is 65.1 Å². The summed E-state index contributed by atoms with van der Waals surface area (Å²) >= 11 is 1.63. The number of nitrogens with zero attached hydrogens (tertiary/aromatic N) is 3. The fourth-order valence-electron chi connectivity index (χ4n) is 2.70. The molecule has 5 heteroatoms. The maximum Gasteiger partial charge on any atom is 0.203 e. The SMILES string of the molecule is CCn1c(C)c(/C=N\Nc2nc(C)c(C)s2)c2ccccc21. The van der Waals surface area contributed by atoms with Gasteiger partial charge in [0.05, 0.1) is 11.9 Å². The molecule has 1 aromatic carbocycles. The summed E-state index contributed by atoms with van der Waals surface area (Å²) in [5, 5.41) is 6.46. The first kappa shape index (κ1) is 14.8. The lowest BCUT2D eigenvalue weighted by Crippen LogP contribution is -1.97. The van der Waals surface area contributed by atoms with E-state index in [1.54, 1.807) is 11.3 Å². The van der Waals surface area contributed by atoms with Crippen LogP contribution in [0.5, 0.6) is 0 Å². The molecular formula is C17H20N4S. The van der Waals surface area contributed by atoms with Crippen LogP contribution in [-0.4, -0.2) is 15.8 Å². The average molecular weight is 312 g/mol. The van der Waals surface area contributed by atoms with Gasteiger partial charge in [0.15, 0.2) is 0 Å². The van der Waals surface area contributed by atoms with Gasteiger partial charge >= 0.3 is 0 Å². The highest BCUT2D eigenvalue weighted by Gasteiger charge is 2.10. The summed E-state index contributed by atoms with van der Waals surface area (Å²) in [6.07, 6.45) is 1.90. The van der Waals surface area contributed by atoms with E-state index < -0.39 is 0 Å². The Balaban J connectivity index is 1.93. The molecule has 0 saturated carbocycles. The first-order valence-electron chi connectivity index (χ1n) is 7.42. The van der Waals surface area contributed by atoms with Crippen LogP contribution in [0.15, 0.2) is 29.4 Å². The normalized spacial score (nSPS) is 11.6. The number of anilines is 1. The zero-order valence-electron chi connectivity index (χ0n) is 13.3. The Kier molecular flexibility index (Phi) is 3.98. The van der Waals surface area contributed by atoms with Gasteiger partial charge in [-0.2, -0.15) is 5.10 Å². The number of fused-ring (bicyclic) bond motifs is 1.